The van der Waals surface area contributed by atoms with Gasteiger partial charge in [-0.2, -0.15) is 0 Å². The molecule has 1 aliphatic rings. The van der Waals surface area contributed by atoms with Crippen molar-refractivity contribution in [1.29, 1.82) is 0 Å². The van der Waals surface area contributed by atoms with E-state index >= 15 is 0 Å². The summed E-state index contributed by atoms with van der Waals surface area (Å²) in [6.45, 7) is 8.85. The Bertz CT molecular complexity index is 344. The van der Waals surface area contributed by atoms with Gasteiger partial charge in [0.25, 0.3) is 0 Å². The van der Waals surface area contributed by atoms with Crippen LogP contribution in [-0.2, 0) is 14.2 Å². The molecule has 0 bridgehead atoms. The average Bonchev–Trinajstić information content (AvgIpc) is 3.00. The molecule has 0 saturated carbocycles. The molecule has 1 heterocycles. The number of rotatable bonds is 5. The minimum atomic E-state index is -0.912. The predicted octanol–water partition coefficient (Wildman–Crippen LogP) is 1.75. The minimum absolute atomic E-state index is 0.232. The molecule has 3 atom stereocenters. The van der Waals surface area contributed by atoms with Gasteiger partial charge in [-0.05, 0) is 41.0 Å². The summed E-state index contributed by atoms with van der Waals surface area (Å²) in [4.78, 5) is 13.6. The number of methoxy groups -OCH3 is 1. The van der Waals surface area contributed by atoms with E-state index in [1.54, 1.807) is 28.0 Å². The van der Waals surface area contributed by atoms with Gasteiger partial charge in [0.05, 0.1) is 11.6 Å². The van der Waals surface area contributed by atoms with Crippen molar-refractivity contribution < 1.29 is 24.1 Å². The molecule has 0 aromatic heterocycles. The molecule has 1 saturated heterocycles. The molecule has 0 aromatic carbocycles. The van der Waals surface area contributed by atoms with Crippen LogP contribution in [0.15, 0.2) is 0 Å². The number of carbonyl (C=O) groups is 1. The first-order valence-electron chi connectivity index (χ1n) is 6.81. The second-order valence-electron chi connectivity index (χ2n) is 6.88. The first-order chi connectivity index (χ1) is 8.94. The van der Waals surface area contributed by atoms with Crippen molar-refractivity contribution in [3.63, 3.8) is 0 Å². The van der Waals surface area contributed by atoms with Crippen molar-refractivity contribution in [3.05, 3.63) is 0 Å². The van der Waals surface area contributed by atoms with Gasteiger partial charge in [0.1, 0.15) is 11.7 Å². The van der Waals surface area contributed by atoms with Crippen LogP contribution in [0.5, 0.6) is 0 Å². The molecule has 1 rings (SSSR count). The Hall–Kier alpha value is -0.850. The van der Waals surface area contributed by atoms with E-state index in [0.29, 0.717) is 6.42 Å². The van der Waals surface area contributed by atoms with Crippen LogP contribution >= 0.6 is 0 Å². The normalized spacial score (nSPS) is 24.2. The molecular formula is C14H27NO5. The lowest BCUT2D eigenvalue weighted by molar-refractivity contribution is 0.000565. The first kappa shape index (κ1) is 17.2. The molecule has 0 aliphatic carbocycles. The van der Waals surface area contributed by atoms with Crippen molar-refractivity contribution in [2.45, 2.75) is 70.7 Å². The number of hydrogen-bond donors (Lipinski definition) is 1. The van der Waals surface area contributed by atoms with E-state index in [2.05, 4.69) is 0 Å². The van der Waals surface area contributed by atoms with Crippen molar-refractivity contribution in [2.75, 3.05) is 14.2 Å². The van der Waals surface area contributed by atoms with Crippen LogP contribution in [-0.4, -0.2) is 59.9 Å². The van der Waals surface area contributed by atoms with Crippen LogP contribution in [0.3, 0.4) is 0 Å². The number of epoxide rings is 1. The molecule has 2 unspecified atom stereocenters. The van der Waals surface area contributed by atoms with Crippen LogP contribution in [0.1, 0.15) is 41.0 Å². The lowest BCUT2D eigenvalue weighted by Gasteiger charge is -2.33. The van der Waals surface area contributed by atoms with Gasteiger partial charge < -0.3 is 24.2 Å². The highest BCUT2D eigenvalue weighted by Crippen LogP contribution is 2.33. The van der Waals surface area contributed by atoms with E-state index in [4.69, 9.17) is 14.2 Å². The maximum atomic E-state index is 12.1. The molecule has 0 spiro atoms. The standard InChI is InChI=1S/C14H27NO5/c1-13(2,3)20-12(16)15(6)9(8-14(4,5)17)10-11(18-7)19-10/h9-11,17H,8H2,1-7H3/t9-,10?,11?/m0/s1. The fourth-order valence-electron chi connectivity index (χ4n) is 2.03. The summed E-state index contributed by atoms with van der Waals surface area (Å²) in [5.41, 5.74) is -1.47. The highest BCUT2D eigenvalue weighted by atomic mass is 16.8. The lowest BCUT2D eigenvalue weighted by atomic mass is 9.96. The summed E-state index contributed by atoms with van der Waals surface area (Å²) >= 11 is 0. The third kappa shape index (κ3) is 5.26. The maximum Gasteiger partial charge on any atom is 0.410 e. The summed E-state index contributed by atoms with van der Waals surface area (Å²) in [7, 11) is 3.21. The summed E-state index contributed by atoms with van der Waals surface area (Å²) < 4.78 is 15.9. The van der Waals surface area contributed by atoms with Gasteiger partial charge in [-0.3, -0.25) is 0 Å². The second kappa shape index (κ2) is 5.87. The molecule has 20 heavy (non-hydrogen) atoms. The number of ether oxygens (including phenoxy) is 3. The van der Waals surface area contributed by atoms with Gasteiger partial charge in [-0.15, -0.1) is 0 Å². The topological polar surface area (TPSA) is 71.5 Å². The van der Waals surface area contributed by atoms with Gasteiger partial charge in [-0.25, -0.2) is 4.79 Å². The van der Waals surface area contributed by atoms with Crippen molar-refractivity contribution in [2.24, 2.45) is 0 Å². The van der Waals surface area contributed by atoms with Crippen molar-refractivity contribution >= 4 is 6.09 Å². The predicted molar refractivity (Wildman–Crippen MR) is 74.4 cm³/mol. The van der Waals surface area contributed by atoms with E-state index in [0.717, 1.165) is 0 Å². The van der Waals surface area contributed by atoms with E-state index in [1.807, 2.05) is 20.8 Å². The molecule has 1 amide bonds. The smallest absolute Gasteiger partial charge is 0.410 e. The summed E-state index contributed by atoms with van der Waals surface area (Å²) in [5, 5.41) is 10.0. The Morgan fingerprint density at radius 3 is 2.25 bits per heavy atom. The van der Waals surface area contributed by atoms with E-state index in [1.165, 1.54) is 4.90 Å². The molecule has 1 aliphatic heterocycles. The Labute approximate surface area is 121 Å². The van der Waals surface area contributed by atoms with Crippen LogP contribution < -0.4 is 0 Å². The number of likely N-dealkylation sites (N-methyl/N-ethyl adjacent to an activating group) is 1. The van der Waals surface area contributed by atoms with Crippen molar-refractivity contribution in [1.82, 2.24) is 4.90 Å². The Kier molecular flexibility index (Phi) is 5.05. The van der Waals surface area contributed by atoms with Crippen LogP contribution in [0.4, 0.5) is 4.79 Å². The fourth-order valence-corrected chi connectivity index (χ4v) is 2.03. The van der Waals surface area contributed by atoms with E-state index in [9.17, 15) is 9.90 Å². The van der Waals surface area contributed by atoms with Gasteiger partial charge in [-0.1, -0.05) is 0 Å². The van der Waals surface area contributed by atoms with Crippen molar-refractivity contribution in [3.8, 4) is 0 Å². The quantitative estimate of drug-likeness (QED) is 0.781. The summed E-state index contributed by atoms with van der Waals surface area (Å²) in [6, 6.07) is -0.296. The number of aliphatic hydroxyl groups is 1. The molecule has 1 N–H and O–H groups in total. The third-order valence-electron chi connectivity index (χ3n) is 2.98. The molecule has 0 radical (unpaired) electrons. The van der Waals surface area contributed by atoms with Crippen LogP contribution in [0.2, 0.25) is 0 Å². The minimum Gasteiger partial charge on any atom is -0.444 e. The number of carbonyl (C=O) groups excluding carboxylic acids is 1. The Balaban J connectivity index is 2.75. The van der Waals surface area contributed by atoms with Gasteiger partial charge >= 0.3 is 6.09 Å². The first-order valence-corrected chi connectivity index (χ1v) is 6.81. The van der Waals surface area contributed by atoms with Gasteiger partial charge in [0.2, 0.25) is 0 Å². The second-order valence-corrected chi connectivity index (χ2v) is 6.88. The monoisotopic (exact) mass is 289 g/mol. The van der Waals surface area contributed by atoms with E-state index < -0.39 is 17.3 Å². The average molecular weight is 289 g/mol. The molecule has 118 valence electrons. The van der Waals surface area contributed by atoms with Crippen LogP contribution in [0, 0.1) is 0 Å². The zero-order chi connectivity index (χ0) is 15.7. The number of nitrogens with zero attached hydrogens (tertiary/aromatic N) is 1. The molecular weight excluding hydrogens is 262 g/mol. The van der Waals surface area contributed by atoms with Gasteiger partial charge in [0.15, 0.2) is 6.29 Å². The third-order valence-corrected chi connectivity index (χ3v) is 2.98. The molecule has 0 aromatic rings. The van der Waals surface area contributed by atoms with Crippen LogP contribution in [0.25, 0.3) is 0 Å². The van der Waals surface area contributed by atoms with E-state index in [-0.39, 0.29) is 18.4 Å². The summed E-state index contributed by atoms with van der Waals surface area (Å²) in [6.07, 6.45) is -0.610. The fraction of sp³-hybridized carbons (Fsp3) is 0.929. The Morgan fingerprint density at radius 2 is 1.90 bits per heavy atom. The highest BCUT2D eigenvalue weighted by Gasteiger charge is 2.50. The largest absolute Gasteiger partial charge is 0.444 e. The summed E-state index contributed by atoms with van der Waals surface area (Å²) in [5.74, 6) is 0. The zero-order valence-corrected chi connectivity index (χ0v) is 13.5. The maximum absolute atomic E-state index is 12.1. The SMILES string of the molecule is COC1OC1[C@H](CC(C)(C)O)N(C)C(=O)OC(C)(C)C. The van der Waals surface area contributed by atoms with Gasteiger partial charge in [0, 0.05) is 14.2 Å². The Morgan fingerprint density at radius 1 is 1.35 bits per heavy atom. The zero-order valence-electron chi connectivity index (χ0n) is 13.5. The lowest BCUT2D eigenvalue weighted by Crippen LogP contribution is -2.47. The molecule has 1 fully saturated rings. The highest BCUT2D eigenvalue weighted by molar-refractivity contribution is 5.68. The number of hydrogen-bond acceptors (Lipinski definition) is 5. The molecule has 6 nitrogen and oxygen atoms in total. The molecule has 6 heteroatoms. The number of amides is 1.